The summed E-state index contributed by atoms with van der Waals surface area (Å²) in [5.74, 6) is -0.00653. The Morgan fingerprint density at radius 2 is 1.87 bits per heavy atom. The molecule has 0 radical (unpaired) electrons. The first-order valence-electron chi connectivity index (χ1n) is 7.71. The highest BCUT2D eigenvalue weighted by Gasteiger charge is 2.26. The molecule has 128 valence electrons. The van der Waals surface area contributed by atoms with Crippen LogP contribution in [0.25, 0.3) is 0 Å². The lowest BCUT2D eigenvalue weighted by atomic mass is 10.1. The normalized spacial score (nSPS) is 19.7. The average Bonchev–Trinajstić information content (AvgIpc) is 2.86. The van der Waals surface area contributed by atoms with E-state index in [9.17, 15) is 13.2 Å². The number of carbonyl (C=O) groups is 1. The monoisotopic (exact) mass is 359 g/mol. The second-order valence-corrected chi connectivity index (χ2v) is 7.67. The van der Waals surface area contributed by atoms with Gasteiger partial charge in [0.25, 0.3) is 0 Å². The highest BCUT2D eigenvalue weighted by atomic mass is 35.5. The third-order valence-electron chi connectivity index (χ3n) is 4.14. The number of benzene rings is 1. The Balaban J connectivity index is 0.00000192. The zero-order valence-corrected chi connectivity index (χ0v) is 14.5. The van der Waals surface area contributed by atoms with Gasteiger partial charge in [0.1, 0.15) is 0 Å². The maximum absolute atomic E-state index is 12.8. The van der Waals surface area contributed by atoms with E-state index in [1.54, 1.807) is 22.5 Å². The minimum atomic E-state index is -3.46. The number of fused-ring (bicyclic) bond motifs is 1. The molecule has 6 nitrogen and oxygen atoms in total. The van der Waals surface area contributed by atoms with E-state index in [0.29, 0.717) is 31.0 Å². The Kier molecular flexibility index (Phi) is 6.02. The van der Waals surface area contributed by atoms with Gasteiger partial charge in [-0.25, -0.2) is 8.42 Å². The van der Waals surface area contributed by atoms with Gasteiger partial charge in [0.15, 0.2) is 0 Å². The van der Waals surface area contributed by atoms with Crippen LogP contribution in [0.15, 0.2) is 23.1 Å². The standard InChI is InChI=1S/C15H21N3O3S.ClH/c19-15-4-1-3-12-11-13(5-6-14(12)17-15)22(20,21)18-9-2-7-16-8-10-18;/h5-6,11,16H,1-4,7-10H2,(H,17,19);1H. The Bertz CT molecular complexity index is 671. The number of nitrogens with one attached hydrogen (secondary N) is 2. The van der Waals surface area contributed by atoms with Gasteiger partial charge in [0, 0.05) is 31.7 Å². The van der Waals surface area contributed by atoms with Gasteiger partial charge in [-0.15, -0.1) is 12.4 Å². The Morgan fingerprint density at radius 1 is 1.04 bits per heavy atom. The van der Waals surface area contributed by atoms with Gasteiger partial charge in [-0.2, -0.15) is 4.31 Å². The third kappa shape index (κ3) is 4.03. The maximum atomic E-state index is 12.8. The fraction of sp³-hybridized carbons (Fsp3) is 0.533. The number of anilines is 1. The molecule has 1 saturated heterocycles. The predicted octanol–water partition coefficient (Wildman–Crippen LogP) is 1.37. The van der Waals surface area contributed by atoms with Crippen molar-refractivity contribution >= 4 is 34.0 Å². The minimum absolute atomic E-state index is 0. The first-order valence-corrected chi connectivity index (χ1v) is 9.15. The molecule has 0 aromatic heterocycles. The van der Waals surface area contributed by atoms with Crippen molar-refractivity contribution in [1.82, 2.24) is 9.62 Å². The highest BCUT2D eigenvalue weighted by Crippen LogP contribution is 2.26. The van der Waals surface area contributed by atoms with Gasteiger partial charge in [0.05, 0.1) is 4.90 Å². The first-order chi connectivity index (χ1) is 10.6. The minimum Gasteiger partial charge on any atom is -0.326 e. The van der Waals surface area contributed by atoms with E-state index >= 15 is 0 Å². The van der Waals surface area contributed by atoms with Crippen molar-refractivity contribution in [2.45, 2.75) is 30.6 Å². The number of hydrogen-bond donors (Lipinski definition) is 2. The molecule has 2 aliphatic heterocycles. The number of hydrogen-bond acceptors (Lipinski definition) is 4. The molecule has 0 unspecified atom stereocenters. The lowest BCUT2D eigenvalue weighted by Crippen LogP contribution is -2.34. The lowest BCUT2D eigenvalue weighted by Gasteiger charge is -2.20. The zero-order chi connectivity index (χ0) is 15.6. The largest absolute Gasteiger partial charge is 0.326 e. The van der Waals surface area contributed by atoms with Gasteiger partial charge in [0.2, 0.25) is 15.9 Å². The van der Waals surface area contributed by atoms with Crippen LogP contribution in [0, 0.1) is 0 Å². The van der Waals surface area contributed by atoms with Crippen molar-refractivity contribution < 1.29 is 13.2 Å². The number of rotatable bonds is 2. The molecule has 23 heavy (non-hydrogen) atoms. The SMILES string of the molecule is Cl.O=C1CCCc2cc(S(=O)(=O)N3CCCNCC3)ccc2N1. The summed E-state index contributed by atoms with van der Waals surface area (Å²) in [6.45, 7) is 2.57. The number of halogens is 1. The molecule has 0 aliphatic carbocycles. The molecule has 0 atom stereocenters. The molecule has 2 heterocycles. The van der Waals surface area contributed by atoms with Crippen molar-refractivity contribution in [2.75, 3.05) is 31.5 Å². The number of sulfonamides is 1. The van der Waals surface area contributed by atoms with E-state index in [2.05, 4.69) is 10.6 Å². The van der Waals surface area contributed by atoms with E-state index in [0.717, 1.165) is 37.1 Å². The smallest absolute Gasteiger partial charge is 0.243 e. The van der Waals surface area contributed by atoms with E-state index in [1.807, 2.05) is 0 Å². The summed E-state index contributed by atoms with van der Waals surface area (Å²) in [5.41, 5.74) is 1.64. The van der Waals surface area contributed by atoms with Crippen LogP contribution < -0.4 is 10.6 Å². The van der Waals surface area contributed by atoms with Crippen LogP contribution in [-0.2, 0) is 21.2 Å². The average molecular weight is 360 g/mol. The highest BCUT2D eigenvalue weighted by molar-refractivity contribution is 7.89. The molecule has 0 saturated carbocycles. The second-order valence-electron chi connectivity index (χ2n) is 5.73. The number of aryl methyl sites for hydroxylation is 1. The van der Waals surface area contributed by atoms with Crippen molar-refractivity contribution in [2.24, 2.45) is 0 Å². The quantitative estimate of drug-likeness (QED) is 0.836. The molecule has 3 rings (SSSR count). The third-order valence-corrected chi connectivity index (χ3v) is 6.03. The summed E-state index contributed by atoms with van der Waals surface area (Å²) >= 11 is 0. The maximum Gasteiger partial charge on any atom is 0.243 e. The molecule has 2 N–H and O–H groups in total. The molecule has 1 aromatic carbocycles. The molecule has 1 amide bonds. The zero-order valence-electron chi connectivity index (χ0n) is 12.9. The van der Waals surface area contributed by atoms with Gasteiger partial charge in [-0.05, 0) is 49.6 Å². The fourth-order valence-corrected chi connectivity index (χ4v) is 4.45. The lowest BCUT2D eigenvalue weighted by molar-refractivity contribution is -0.116. The second kappa shape index (κ2) is 7.61. The number of amides is 1. The summed E-state index contributed by atoms with van der Waals surface area (Å²) in [6, 6.07) is 5.02. The van der Waals surface area contributed by atoms with Gasteiger partial charge >= 0.3 is 0 Å². The Hall–Kier alpha value is -1.15. The van der Waals surface area contributed by atoms with Gasteiger partial charge < -0.3 is 10.6 Å². The summed E-state index contributed by atoms with van der Waals surface area (Å²) in [5, 5.41) is 6.04. The van der Waals surface area contributed by atoms with Gasteiger partial charge in [-0.3, -0.25) is 4.79 Å². The van der Waals surface area contributed by atoms with Crippen molar-refractivity contribution in [3.63, 3.8) is 0 Å². The van der Waals surface area contributed by atoms with Crippen molar-refractivity contribution in [3.8, 4) is 0 Å². The summed E-state index contributed by atoms with van der Waals surface area (Å²) < 4.78 is 27.1. The summed E-state index contributed by atoms with van der Waals surface area (Å²) in [4.78, 5) is 11.9. The molecular formula is C15H22ClN3O3S. The van der Waals surface area contributed by atoms with E-state index in [4.69, 9.17) is 0 Å². The molecule has 1 fully saturated rings. The Morgan fingerprint density at radius 3 is 2.70 bits per heavy atom. The Labute approximate surface area is 143 Å². The molecule has 0 bridgehead atoms. The van der Waals surface area contributed by atoms with Gasteiger partial charge in [-0.1, -0.05) is 0 Å². The first kappa shape index (κ1) is 18.2. The summed E-state index contributed by atoms with van der Waals surface area (Å²) in [7, 11) is -3.46. The molecule has 2 aliphatic rings. The van der Waals surface area contributed by atoms with Crippen molar-refractivity contribution in [3.05, 3.63) is 23.8 Å². The van der Waals surface area contributed by atoms with E-state index in [1.165, 1.54) is 0 Å². The van der Waals surface area contributed by atoms with Crippen LogP contribution in [0.4, 0.5) is 5.69 Å². The van der Waals surface area contributed by atoms with Crippen molar-refractivity contribution in [1.29, 1.82) is 0 Å². The number of carbonyl (C=O) groups excluding carboxylic acids is 1. The molecular weight excluding hydrogens is 338 g/mol. The van der Waals surface area contributed by atoms with Crippen LogP contribution in [-0.4, -0.2) is 44.8 Å². The van der Waals surface area contributed by atoms with Crippen LogP contribution in [0.3, 0.4) is 0 Å². The molecule has 8 heteroatoms. The van der Waals surface area contributed by atoms with E-state index < -0.39 is 10.0 Å². The van der Waals surface area contributed by atoms with Crippen LogP contribution in [0.2, 0.25) is 0 Å². The van der Waals surface area contributed by atoms with Crippen LogP contribution in [0.5, 0.6) is 0 Å². The van der Waals surface area contributed by atoms with E-state index in [-0.39, 0.29) is 18.3 Å². The summed E-state index contributed by atoms with van der Waals surface area (Å²) in [6.07, 6.45) is 2.77. The fourth-order valence-electron chi connectivity index (χ4n) is 2.92. The number of nitrogens with zero attached hydrogens (tertiary/aromatic N) is 1. The van der Waals surface area contributed by atoms with Crippen LogP contribution in [0.1, 0.15) is 24.8 Å². The predicted molar refractivity (Wildman–Crippen MR) is 91.5 cm³/mol. The molecule has 1 aromatic rings. The van der Waals surface area contributed by atoms with Crippen LogP contribution >= 0.6 is 12.4 Å². The topological polar surface area (TPSA) is 78.5 Å². The molecule has 0 spiro atoms.